The van der Waals surface area contributed by atoms with Gasteiger partial charge in [0.25, 0.3) is 0 Å². The van der Waals surface area contributed by atoms with Crippen LogP contribution in [0.3, 0.4) is 0 Å². The monoisotopic (exact) mass is 336 g/mol. The Balaban J connectivity index is 1.88. The van der Waals surface area contributed by atoms with Crippen molar-refractivity contribution in [3.8, 4) is 0 Å². The molecule has 1 aromatic carbocycles. The van der Waals surface area contributed by atoms with Crippen LogP contribution in [0.4, 0.5) is 5.69 Å². The first-order chi connectivity index (χ1) is 9.15. The highest BCUT2D eigenvalue weighted by Gasteiger charge is 2.19. The molecule has 0 amide bonds. The van der Waals surface area contributed by atoms with E-state index in [1.54, 1.807) is 4.88 Å². The fourth-order valence-corrected chi connectivity index (χ4v) is 4.05. The average Bonchev–Trinajstić information content (AvgIpc) is 2.85. The van der Waals surface area contributed by atoms with E-state index < -0.39 is 0 Å². The summed E-state index contributed by atoms with van der Waals surface area (Å²) in [6.07, 6.45) is 1.15. The third-order valence-electron chi connectivity index (χ3n) is 3.65. The van der Waals surface area contributed by atoms with Gasteiger partial charge in [-0.1, -0.05) is 6.07 Å². The van der Waals surface area contributed by atoms with Crippen molar-refractivity contribution >= 4 is 33.0 Å². The molecule has 0 spiro atoms. The minimum Gasteiger partial charge on any atom is -0.366 e. The summed E-state index contributed by atoms with van der Waals surface area (Å²) in [7, 11) is 0. The van der Waals surface area contributed by atoms with E-state index in [0.29, 0.717) is 0 Å². The molecule has 1 aromatic heterocycles. The number of rotatable bonds is 2. The van der Waals surface area contributed by atoms with E-state index in [-0.39, 0.29) is 6.04 Å². The predicted octanol–water partition coefficient (Wildman–Crippen LogP) is 4.09. The largest absolute Gasteiger partial charge is 0.366 e. The van der Waals surface area contributed by atoms with E-state index in [0.717, 1.165) is 24.0 Å². The summed E-state index contributed by atoms with van der Waals surface area (Å²) in [5.74, 6) is 0. The fourth-order valence-electron chi connectivity index (χ4n) is 2.52. The molecule has 2 nitrogen and oxygen atoms in total. The van der Waals surface area contributed by atoms with Crippen LogP contribution in [0.25, 0.3) is 0 Å². The Morgan fingerprint density at radius 3 is 2.95 bits per heavy atom. The van der Waals surface area contributed by atoms with Crippen LogP contribution in [0, 0.1) is 0 Å². The molecule has 1 atom stereocenters. The second-order valence-electron chi connectivity index (χ2n) is 5.04. The van der Waals surface area contributed by atoms with Crippen molar-refractivity contribution in [2.24, 2.45) is 5.73 Å². The molecular weight excluding hydrogens is 320 g/mol. The Hall–Kier alpha value is -0.840. The first-order valence-electron chi connectivity index (χ1n) is 6.50. The van der Waals surface area contributed by atoms with Crippen LogP contribution < -0.4 is 10.6 Å². The molecule has 3 rings (SSSR count). The van der Waals surface area contributed by atoms with Crippen molar-refractivity contribution in [1.29, 1.82) is 0 Å². The van der Waals surface area contributed by atoms with E-state index in [1.807, 2.05) is 18.3 Å². The summed E-state index contributed by atoms with van der Waals surface area (Å²) in [5, 5.41) is 2.20. The molecule has 100 valence electrons. The fraction of sp³-hybridized carbons (Fsp3) is 0.333. The zero-order chi connectivity index (χ0) is 13.4. The highest BCUT2D eigenvalue weighted by Crippen LogP contribution is 2.33. The first kappa shape index (κ1) is 13.2. The Kier molecular flexibility index (Phi) is 3.65. The van der Waals surface area contributed by atoms with E-state index >= 15 is 0 Å². The van der Waals surface area contributed by atoms with E-state index in [9.17, 15) is 0 Å². The smallest absolute Gasteiger partial charge is 0.0514 e. The van der Waals surface area contributed by atoms with Crippen molar-refractivity contribution in [3.05, 3.63) is 50.1 Å². The molecule has 4 heteroatoms. The molecule has 0 bridgehead atoms. The van der Waals surface area contributed by atoms with Crippen molar-refractivity contribution in [1.82, 2.24) is 0 Å². The maximum absolute atomic E-state index is 5.93. The van der Waals surface area contributed by atoms with Crippen molar-refractivity contribution in [2.45, 2.75) is 25.9 Å². The molecule has 0 radical (unpaired) electrons. The molecule has 0 aliphatic carbocycles. The van der Waals surface area contributed by atoms with Gasteiger partial charge < -0.3 is 10.6 Å². The van der Waals surface area contributed by atoms with Gasteiger partial charge in [0.2, 0.25) is 0 Å². The molecule has 19 heavy (non-hydrogen) atoms. The van der Waals surface area contributed by atoms with Crippen LogP contribution in [0.15, 0.2) is 34.1 Å². The molecule has 2 N–H and O–H groups in total. The van der Waals surface area contributed by atoms with Crippen LogP contribution in [0.5, 0.6) is 0 Å². The normalized spacial score (nSPS) is 16.3. The van der Waals surface area contributed by atoms with Crippen molar-refractivity contribution in [3.63, 3.8) is 0 Å². The topological polar surface area (TPSA) is 29.3 Å². The number of nitrogens with two attached hydrogens (primary N) is 1. The molecule has 0 unspecified atom stereocenters. The second-order valence-corrected chi connectivity index (χ2v) is 6.90. The lowest BCUT2D eigenvalue weighted by Gasteiger charge is -2.30. The number of anilines is 1. The Morgan fingerprint density at radius 2 is 2.21 bits per heavy atom. The van der Waals surface area contributed by atoms with Gasteiger partial charge in [-0.05, 0) is 64.0 Å². The molecular formula is C15H17BrN2S. The number of hydrogen-bond acceptors (Lipinski definition) is 3. The molecule has 0 fully saturated rings. The SMILES string of the molecule is C[C@H](N)c1ccc(N2CCc3sccc3C2)c(Br)c1. The standard InChI is InChI=1S/C15H17BrN2S/c1-10(17)11-2-3-14(13(16)8-11)18-6-4-15-12(9-18)5-7-19-15/h2-3,5,7-8,10H,4,6,9,17H2,1H3/t10-/m0/s1. The number of benzene rings is 1. The van der Waals surface area contributed by atoms with Gasteiger partial charge in [-0.2, -0.15) is 0 Å². The van der Waals surface area contributed by atoms with Gasteiger partial charge in [0.05, 0.1) is 5.69 Å². The van der Waals surface area contributed by atoms with Crippen LogP contribution in [-0.4, -0.2) is 6.54 Å². The van der Waals surface area contributed by atoms with Crippen LogP contribution >= 0.6 is 27.3 Å². The third kappa shape index (κ3) is 2.57. The molecule has 1 aliphatic heterocycles. The third-order valence-corrected chi connectivity index (χ3v) is 5.30. The summed E-state index contributed by atoms with van der Waals surface area (Å²) in [6, 6.07) is 8.78. The summed E-state index contributed by atoms with van der Waals surface area (Å²) in [4.78, 5) is 3.98. The zero-order valence-corrected chi connectivity index (χ0v) is 13.3. The van der Waals surface area contributed by atoms with Gasteiger partial charge >= 0.3 is 0 Å². The lowest BCUT2D eigenvalue weighted by molar-refractivity contribution is 0.740. The van der Waals surface area contributed by atoms with Crippen LogP contribution in [0.2, 0.25) is 0 Å². The highest BCUT2D eigenvalue weighted by molar-refractivity contribution is 9.10. The van der Waals surface area contributed by atoms with Gasteiger partial charge in [0.1, 0.15) is 0 Å². The van der Waals surface area contributed by atoms with E-state index in [4.69, 9.17) is 5.73 Å². The van der Waals surface area contributed by atoms with Crippen molar-refractivity contribution in [2.75, 3.05) is 11.4 Å². The lowest BCUT2D eigenvalue weighted by atomic mass is 10.1. The number of thiophene rings is 1. The molecule has 1 aliphatic rings. The number of hydrogen-bond donors (Lipinski definition) is 1. The van der Waals surface area contributed by atoms with E-state index in [1.165, 1.54) is 16.8 Å². The van der Waals surface area contributed by atoms with Gasteiger partial charge in [-0.15, -0.1) is 11.3 Å². The Morgan fingerprint density at radius 1 is 1.37 bits per heavy atom. The Labute approximate surface area is 126 Å². The minimum atomic E-state index is 0.0789. The van der Waals surface area contributed by atoms with Gasteiger partial charge in [-0.25, -0.2) is 0 Å². The lowest BCUT2D eigenvalue weighted by Crippen LogP contribution is -2.29. The Bertz CT molecular complexity index is 592. The number of fused-ring (bicyclic) bond motifs is 1. The summed E-state index contributed by atoms with van der Waals surface area (Å²) < 4.78 is 1.14. The van der Waals surface area contributed by atoms with Gasteiger partial charge in [0.15, 0.2) is 0 Å². The van der Waals surface area contributed by atoms with E-state index in [2.05, 4.69) is 50.5 Å². The quantitative estimate of drug-likeness (QED) is 0.894. The number of halogens is 1. The zero-order valence-electron chi connectivity index (χ0n) is 10.9. The van der Waals surface area contributed by atoms with Crippen LogP contribution in [0.1, 0.15) is 29.0 Å². The summed E-state index contributed by atoms with van der Waals surface area (Å²) in [6.45, 7) is 4.11. The van der Waals surface area contributed by atoms with Crippen molar-refractivity contribution < 1.29 is 0 Å². The molecule has 0 saturated heterocycles. The maximum Gasteiger partial charge on any atom is 0.0514 e. The predicted molar refractivity (Wildman–Crippen MR) is 85.8 cm³/mol. The summed E-state index contributed by atoms with van der Waals surface area (Å²) >= 11 is 5.57. The maximum atomic E-state index is 5.93. The first-order valence-corrected chi connectivity index (χ1v) is 8.17. The van der Waals surface area contributed by atoms with Gasteiger partial charge in [0, 0.05) is 28.5 Å². The second kappa shape index (κ2) is 5.27. The molecule has 2 heterocycles. The molecule has 0 saturated carbocycles. The minimum absolute atomic E-state index is 0.0789. The molecule has 2 aromatic rings. The van der Waals surface area contributed by atoms with Crippen LogP contribution in [-0.2, 0) is 13.0 Å². The average molecular weight is 337 g/mol. The summed E-state index contributed by atoms with van der Waals surface area (Å²) in [5.41, 5.74) is 9.83. The number of nitrogens with zero attached hydrogens (tertiary/aromatic N) is 1. The van der Waals surface area contributed by atoms with Gasteiger partial charge in [-0.3, -0.25) is 0 Å². The highest BCUT2D eigenvalue weighted by atomic mass is 79.9.